The van der Waals surface area contributed by atoms with Gasteiger partial charge in [-0.2, -0.15) is 0 Å². The van der Waals surface area contributed by atoms with Gasteiger partial charge in [-0.25, -0.2) is 9.18 Å². The molecule has 0 aliphatic carbocycles. The first-order chi connectivity index (χ1) is 10.9. The Hall–Kier alpha value is -2.02. The predicted octanol–water partition coefficient (Wildman–Crippen LogP) is 1.68. The van der Waals surface area contributed by atoms with Crippen molar-refractivity contribution in [1.82, 2.24) is 4.90 Å². The lowest BCUT2D eigenvalue weighted by atomic mass is 10.1. The van der Waals surface area contributed by atoms with Crippen LogP contribution in [0, 0.1) is 0 Å². The summed E-state index contributed by atoms with van der Waals surface area (Å²) in [5, 5.41) is 9.21. The van der Waals surface area contributed by atoms with Gasteiger partial charge in [0.25, 0.3) is 0 Å². The first-order valence-corrected chi connectivity index (χ1v) is 7.55. The summed E-state index contributed by atoms with van der Waals surface area (Å²) in [4.78, 5) is 24.4. The Labute approximate surface area is 136 Å². The zero-order chi connectivity index (χ0) is 16.6. The molecular weight excluding hydrogens is 329 g/mol. The molecule has 1 aromatic rings. The molecule has 6 nitrogen and oxygen atoms in total. The summed E-state index contributed by atoms with van der Waals surface area (Å²) in [5.41, 5.74) is -1.75. The predicted molar refractivity (Wildman–Crippen MR) is 78.8 cm³/mol. The molecule has 0 saturated carbocycles. The molecule has 0 bridgehead atoms. The first kappa shape index (κ1) is 15.9. The Morgan fingerprint density at radius 1 is 1.35 bits per heavy atom. The molecule has 1 fully saturated rings. The molecule has 3 rings (SSSR count). The lowest BCUT2D eigenvalue weighted by Gasteiger charge is -2.21. The number of halogens is 2. The van der Waals surface area contributed by atoms with Crippen molar-refractivity contribution in [2.75, 3.05) is 26.3 Å². The number of carbonyl (C=O) groups is 2. The second-order valence-corrected chi connectivity index (χ2v) is 6.02. The summed E-state index contributed by atoms with van der Waals surface area (Å²) in [7, 11) is 0. The molecule has 2 aliphatic rings. The maximum atomic E-state index is 14.0. The van der Waals surface area contributed by atoms with Gasteiger partial charge >= 0.3 is 5.97 Å². The average molecular weight is 344 g/mol. The maximum Gasteiger partial charge on any atom is 0.343 e. The van der Waals surface area contributed by atoms with E-state index in [1.54, 1.807) is 12.1 Å². The van der Waals surface area contributed by atoms with Gasteiger partial charge in [0, 0.05) is 13.0 Å². The van der Waals surface area contributed by atoms with Gasteiger partial charge in [-0.15, -0.1) is 0 Å². The number of likely N-dealkylation sites (tertiary alicyclic amines) is 1. The highest BCUT2D eigenvalue weighted by Gasteiger charge is 2.46. The summed E-state index contributed by atoms with van der Waals surface area (Å²) >= 11 is 6.11. The summed E-state index contributed by atoms with van der Waals surface area (Å²) < 4.78 is 24.9. The van der Waals surface area contributed by atoms with Crippen LogP contribution in [0.1, 0.15) is 12.0 Å². The number of rotatable bonds is 3. The van der Waals surface area contributed by atoms with Gasteiger partial charge in [-0.05, 0) is 17.7 Å². The molecule has 1 atom stereocenters. The average Bonchev–Trinajstić information content (AvgIpc) is 2.91. The third-order valence-corrected chi connectivity index (χ3v) is 4.25. The number of amides is 1. The molecule has 1 N–H and O–H groups in total. The number of carbonyl (C=O) groups excluding carboxylic acids is 1. The Morgan fingerprint density at radius 2 is 2.09 bits per heavy atom. The van der Waals surface area contributed by atoms with Crippen molar-refractivity contribution in [3.8, 4) is 11.5 Å². The first-order valence-electron chi connectivity index (χ1n) is 7.17. The minimum absolute atomic E-state index is 0.00788. The summed E-state index contributed by atoms with van der Waals surface area (Å²) in [6.45, 7) is 0.460. The fraction of sp³-hybridized carbons (Fsp3) is 0.467. The van der Waals surface area contributed by atoms with Crippen LogP contribution in [-0.2, 0) is 16.0 Å². The standard InChI is InChI=1S/C15H15ClFNO5/c16-10-5-9(6-11-13(10)23-4-3-22-11)7-12(19)18-2-1-15(17,8-18)14(20)21/h5-6H,1-4,7-8H2,(H,20,21). The Morgan fingerprint density at radius 3 is 2.78 bits per heavy atom. The van der Waals surface area contributed by atoms with Crippen LogP contribution in [0.3, 0.4) is 0 Å². The van der Waals surface area contributed by atoms with E-state index in [1.165, 1.54) is 4.90 Å². The number of ether oxygens (including phenoxy) is 2. The van der Waals surface area contributed by atoms with Gasteiger partial charge < -0.3 is 19.5 Å². The maximum absolute atomic E-state index is 14.0. The van der Waals surface area contributed by atoms with Crippen LogP contribution < -0.4 is 9.47 Å². The van der Waals surface area contributed by atoms with Gasteiger partial charge in [0.2, 0.25) is 11.6 Å². The topological polar surface area (TPSA) is 76.1 Å². The zero-order valence-corrected chi connectivity index (χ0v) is 12.9. The van der Waals surface area contributed by atoms with Crippen LogP contribution in [0.15, 0.2) is 12.1 Å². The smallest absolute Gasteiger partial charge is 0.343 e. The third kappa shape index (κ3) is 3.06. The molecule has 8 heteroatoms. The van der Waals surface area contributed by atoms with E-state index in [0.717, 1.165) is 0 Å². The van der Waals surface area contributed by atoms with E-state index in [9.17, 15) is 14.0 Å². The van der Waals surface area contributed by atoms with E-state index in [-0.39, 0.29) is 25.3 Å². The molecule has 1 aromatic carbocycles. The molecular formula is C15H15ClFNO5. The van der Waals surface area contributed by atoms with E-state index >= 15 is 0 Å². The zero-order valence-electron chi connectivity index (χ0n) is 12.2. The molecule has 2 aliphatic heterocycles. The molecule has 124 valence electrons. The largest absolute Gasteiger partial charge is 0.486 e. The molecule has 2 heterocycles. The monoisotopic (exact) mass is 343 g/mol. The van der Waals surface area contributed by atoms with Crippen LogP contribution in [0.2, 0.25) is 5.02 Å². The second kappa shape index (κ2) is 5.88. The van der Waals surface area contributed by atoms with Crippen LogP contribution in [0.4, 0.5) is 4.39 Å². The van der Waals surface area contributed by atoms with Gasteiger partial charge in [0.1, 0.15) is 13.2 Å². The second-order valence-electron chi connectivity index (χ2n) is 5.61. The van der Waals surface area contributed by atoms with E-state index < -0.39 is 18.2 Å². The van der Waals surface area contributed by atoms with E-state index in [1.807, 2.05) is 0 Å². The Bertz CT molecular complexity index is 668. The van der Waals surface area contributed by atoms with Gasteiger partial charge in [0.05, 0.1) is 18.0 Å². The number of fused-ring (bicyclic) bond motifs is 1. The van der Waals surface area contributed by atoms with Crippen molar-refractivity contribution in [1.29, 1.82) is 0 Å². The Balaban J connectivity index is 1.72. The summed E-state index contributed by atoms with van der Waals surface area (Å²) in [6.07, 6.45) is -0.206. The number of benzene rings is 1. The molecule has 0 aromatic heterocycles. The van der Waals surface area contributed by atoms with Crippen molar-refractivity contribution >= 4 is 23.5 Å². The summed E-state index contributed by atoms with van der Waals surface area (Å²) in [5.74, 6) is -0.962. The van der Waals surface area contributed by atoms with Crippen molar-refractivity contribution < 1.29 is 28.6 Å². The lowest BCUT2D eigenvalue weighted by Crippen LogP contribution is -2.39. The highest BCUT2D eigenvalue weighted by Crippen LogP contribution is 2.38. The van der Waals surface area contributed by atoms with Gasteiger partial charge in [-0.1, -0.05) is 11.6 Å². The van der Waals surface area contributed by atoms with Crippen LogP contribution in [0.25, 0.3) is 0 Å². The number of alkyl halides is 1. The van der Waals surface area contributed by atoms with Crippen molar-refractivity contribution in [3.63, 3.8) is 0 Å². The number of nitrogens with zero attached hydrogens (tertiary/aromatic N) is 1. The number of hydrogen-bond donors (Lipinski definition) is 1. The van der Waals surface area contributed by atoms with Crippen molar-refractivity contribution in [3.05, 3.63) is 22.7 Å². The van der Waals surface area contributed by atoms with E-state index in [0.29, 0.717) is 35.3 Å². The van der Waals surface area contributed by atoms with E-state index in [2.05, 4.69) is 0 Å². The SMILES string of the molecule is O=C(Cc1cc(Cl)c2c(c1)OCCO2)N1CCC(F)(C(=O)O)C1. The Kier molecular flexibility index (Phi) is 4.06. The van der Waals surface area contributed by atoms with Crippen molar-refractivity contribution in [2.45, 2.75) is 18.5 Å². The lowest BCUT2D eigenvalue weighted by molar-refractivity contribution is -0.150. The number of hydrogen-bond acceptors (Lipinski definition) is 4. The molecule has 0 spiro atoms. The van der Waals surface area contributed by atoms with Crippen LogP contribution in [-0.4, -0.2) is 53.9 Å². The molecule has 1 saturated heterocycles. The number of aliphatic carboxylic acids is 1. The van der Waals surface area contributed by atoms with Gasteiger partial charge in [-0.3, -0.25) is 4.79 Å². The van der Waals surface area contributed by atoms with Crippen LogP contribution >= 0.6 is 11.6 Å². The quantitative estimate of drug-likeness (QED) is 0.903. The van der Waals surface area contributed by atoms with Gasteiger partial charge in [0.15, 0.2) is 11.5 Å². The molecule has 0 radical (unpaired) electrons. The normalized spacial score (nSPS) is 23.0. The minimum atomic E-state index is -2.36. The highest BCUT2D eigenvalue weighted by molar-refractivity contribution is 6.32. The minimum Gasteiger partial charge on any atom is -0.486 e. The fourth-order valence-corrected chi connectivity index (χ4v) is 3.00. The molecule has 23 heavy (non-hydrogen) atoms. The third-order valence-electron chi connectivity index (χ3n) is 3.97. The number of carboxylic acid groups (broad SMARTS) is 1. The molecule has 1 unspecified atom stereocenters. The van der Waals surface area contributed by atoms with E-state index in [4.69, 9.17) is 26.2 Å². The number of carboxylic acids is 1. The molecule has 1 amide bonds. The van der Waals surface area contributed by atoms with Crippen molar-refractivity contribution in [2.24, 2.45) is 0 Å². The van der Waals surface area contributed by atoms with Crippen LogP contribution in [0.5, 0.6) is 11.5 Å². The summed E-state index contributed by atoms with van der Waals surface area (Å²) in [6, 6.07) is 3.26. The fourth-order valence-electron chi connectivity index (χ4n) is 2.71. The highest BCUT2D eigenvalue weighted by atomic mass is 35.5.